The van der Waals surface area contributed by atoms with Crippen molar-refractivity contribution in [2.24, 2.45) is 11.3 Å². The van der Waals surface area contributed by atoms with E-state index in [4.69, 9.17) is 4.74 Å². The lowest BCUT2D eigenvalue weighted by molar-refractivity contribution is 0.00737. The first-order chi connectivity index (χ1) is 11.2. The number of ether oxygens (including phenoxy) is 1. The molecule has 0 aromatic carbocycles. The van der Waals surface area contributed by atoms with Crippen LogP contribution in [-0.2, 0) is 4.74 Å². The largest absolute Gasteiger partial charge is 0.379 e. The Morgan fingerprint density at radius 1 is 1.35 bits per heavy atom. The fourth-order valence-corrected chi connectivity index (χ4v) is 4.78. The van der Waals surface area contributed by atoms with E-state index in [0.29, 0.717) is 0 Å². The van der Waals surface area contributed by atoms with Crippen molar-refractivity contribution in [2.75, 3.05) is 45.9 Å². The van der Waals surface area contributed by atoms with Gasteiger partial charge in [0.05, 0.1) is 18.1 Å². The molecule has 2 aliphatic heterocycles. The summed E-state index contributed by atoms with van der Waals surface area (Å²) in [5, 5.41) is 1.99. The second kappa shape index (κ2) is 6.54. The second-order valence-electron chi connectivity index (χ2n) is 7.54. The number of likely N-dealkylation sites (tertiary alicyclic amines) is 1. The molecule has 4 nitrogen and oxygen atoms in total. The van der Waals surface area contributed by atoms with E-state index in [0.717, 1.165) is 56.6 Å². The summed E-state index contributed by atoms with van der Waals surface area (Å²) in [7, 11) is 0. The first kappa shape index (κ1) is 15.6. The lowest BCUT2D eigenvalue weighted by Crippen LogP contribution is -2.52. The number of amides is 1. The Morgan fingerprint density at radius 3 is 3.04 bits per heavy atom. The van der Waals surface area contributed by atoms with E-state index in [1.54, 1.807) is 11.3 Å². The van der Waals surface area contributed by atoms with Crippen molar-refractivity contribution in [2.45, 2.75) is 25.7 Å². The van der Waals surface area contributed by atoms with Crippen LogP contribution in [0.4, 0.5) is 0 Å². The summed E-state index contributed by atoms with van der Waals surface area (Å²) in [6.07, 6.45) is 5.07. The molecular weight excluding hydrogens is 308 g/mol. The smallest absolute Gasteiger partial charge is 0.263 e. The van der Waals surface area contributed by atoms with Gasteiger partial charge in [-0.05, 0) is 43.0 Å². The number of hydrogen-bond donors (Lipinski definition) is 0. The molecule has 0 bridgehead atoms. The lowest BCUT2D eigenvalue weighted by atomic mass is 9.80. The monoisotopic (exact) mass is 334 g/mol. The predicted octanol–water partition coefficient (Wildman–Crippen LogP) is 2.71. The first-order valence-corrected chi connectivity index (χ1v) is 9.75. The van der Waals surface area contributed by atoms with Crippen molar-refractivity contribution in [1.29, 1.82) is 0 Å². The minimum atomic E-state index is 0.135. The zero-order valence-corrected chi connectivity index (χ0v) is 14.5. The van der Waals surface area contributed by atoms with Crippen LogP contribution in [0.5, 0.6) is 0 Å². The lowest BCUT2D eigenvalue weighted by Gasteiger charge is -2.43. The van der Waals surface area contributed by atoms with E-state index in [-0.39, 0.29) is 11.3 Å². The van der Waals surface area contributed by atoms with E-state index in [2.05, 4.69) is 9.80 Å². The molecule has 0 unspecified atom stereocenters. The average Bonchev–Trinajstić information content (AvgIpc) is 3.24. The van der Waals surface area contributed by atoms with Gasteiger partial charge in [-0.25, -0.2) is 0 Å². The van der Waals surface area contributed by atoms with Crippen LogP contribution in [0.2, 0.25) is 0 Å². The maximum absolute atomic E-state index is 12.7. The topological polar surface area (TPSA) is 32.8 Å². The van der Waals surface area contributed by atoms with Gasteiger partial charge >= 0.3 is 0 Å². The summed E-state index contributed by atoms with van der Waals surface area (Å²) in [6, 6.07) is 3.90. The van der Waals surface area contributed by atoms with Gasteiger partial charge in [-0.3, -0.25) is 4.79 Å². The zero-order chi connectivity index (χ0) is 15.7. The molecule has 126 valence electrons. The maximum Gasteiger partial charge on any atom is 0.263 e. The first-order valence-electron chi connectivity index (χ1n) is 8.87. The molecule has 0 N–H and O–H groups in total. The van der Waals surface area contributed by atoms with Crippen LogP contribution in [0.3, 0.4) is 0 Å². The molecule has 23 heavy (non-hydrogen) atoms. The molecule has 3 aliphatic rings. The number of thiophene rings is 1. The van der Waals surface area contributed by atoms with E-state index in [1.165, 1.54) is 25.8 Å². The standard InChI is InChI=1S/C18H26N2O2S/c21-17(16-3-1-10-23-16)20-7-2-6-18(13-20)12-19(8-9-22-14-18)11-15-4-5-15/h1,3,10,15H,2,4-9,11-14H2/t18-/m1/s1. The van der Waals surface area contributed by atoms with Crippen LogP contribution in [0.1, 0.15) is 35.4 Å². The third-order valence-electron chi connectivity index (χ3n) is 5.41. The third kappa shape index (κ3) is 3.62. The molecule has 5 heteroatoms. The molecule has 0 radical (unpaired) electrons. The molecule has 1 aliphatic carbocycles. The van der Waals surface area contributed by atoms with E-state index in [1.807, 2.05) is 17.5 Å². The van der Waals surface area contributed by atoms with Gasteiger partial charge in [0.25, 0.3) is 5.91 Å². The van der Waals surface area contributed by atoms with Crippen LogP contribution < -0.4 is 0 Å². The van der Waals surface area contributed by atoms with Gasteiger partial charge < -0.3 is 14.5 Å². The van der Waals surface area contributed by atoms with Crippen molar-refractivity contribution < 1.29 is 9.53 Å². The molecule has 3 fully saturated rings. The maximum atomic E-state index is 12.7. The van der Waals surface area contributed by atoms with Gasteiger partial charge in [0.1, 0.15) is 0 Å². The molecule has 2 saturated heterocycles. The van der Waals surface area contributed by atoms with E-state index in [9.17, 15) is 4.79 Å². The molecule has 1 atom stereocenters. The highest BCUT2D eigenvalue weighted by molar-refractivity contribution is 7.12. The Kier molecular flexibility index (Phi) is 4.43. The number of rotatable bonds is 3. The quantitative estimate of drug-likeness (QED) is 0.852. The molecule has 1 aromatic heterocycles. The SMILES string of the molecule is O=C(c1cccs1)N1CCC[C@]2(COCCN(CC3CC3)C2)C1. The van der Waals surface area contributed by atoms with E-state index >= 15 is 0 Å². The summed E-state index contributed by atoms with van der Waals surface area (Å²) >= 11 is 1.55. The molecule has 3 heterocycles. The highest BCUT2D eigenvalue weighted by Gasteiger charge is 2.41. The van der Waals surface area contributed by atoms with Crippen molar-refractivity contribution in [3.63, 3.8) is 0 Å². The molecule has 1 aromatic rings. The summed E-state index contributed by atoms with van der Waals surface area (Å²) in [5.41, 5.74) is 0.135. The van der Waals surface area contributed by atoms with Gasteiger partial charge in [0, 0.05) is 38.1 Å². The Balaban J connectivity index is 1.46. The average molecular weight is 334 g/mol. The number of carbonyl (C=O) groups is 1. The van der Waals surface area contributed by atoms with Crippen LogP contribution in [-0.4, -0.2) is 61.6 Å². The van der Waals surface area contributed by atoms with Gasteiger partial charge in [-0.2, -0.15) is 0 Å². The van der Waals surface area contributed by atoms with Crippen molar-refractivity contribution in [1.82, 2.24) is 9.80 Å². The summed E-state index contributed by atoms with van der Waals surface area (Å²) < 4.78 is 5.96. The van der Waals surface area contributed by atoms with Gasteiger partial charge in [-0.15, -0.1) is 11.3 Å². The third-order valence-corrected chi connectivity index (χ3v) is 6.27. The van der Waals surface area contributed by atoms with Gasteiger partial charge in [0.15, 0.2) is 0 Å². The highest BCUT2D eigenvalue weighted by Crippen LogP contribution is 2.36. The molecule has 1 saturated carbocycles. The molecule has 1 spiro atoms. The minimum absolute atomic E-state index is 0.135. The number of hydrogen-bond acceptors (Lipinski definition) is 4. The van der Waals surface area contributed by atoms with Crippen LogP contribution in [0.15, 0.2) is 17.5 Å². The van der Waals surface area contributed by atoms with E-state index < -0.39 is 0 Å². The number of carbonyl (C=O) groups excluding carboxylic acids is 1. The van der Waals surface area contributed by atoms with Crippen molar-refractivity contribution in [3.05, 3.63) is 22.4 Å². The summed E-state index contributed by atoms with van der Waals surface area (Å²) in [6.45, 7) is 6.76. The number of nitrogens with zero attached hydrogens (tertiary/aromatic N) is 2. The Bertz CT molecular complexity index is 543. The highest BCUT2D eigenvalue weighted by atomic mass is 32.1. The van der Waals surface area contributed by atoms with Crippen LogP contribution >= 0.6 is 11.3 Å². The Labute approximate surface area is 142 Å². The fourth-order valence-electron chi connectivity index (χ4n) is 4.09. The Hall–Kier alpha value is -0.910. The molecule has 4 rings (SSSR count). The van der Waals surface area contributed by atoms with Gasteiger partial charge in [0.2, 0.25) is 0 Å². The second-order valence-corrected chi connectivity index (χ2v) is 8.49. The van der Waals surface area contributed by atoms with Crippen LogP contribution in [0.25, 0.3) is 0 Å². The molecule has 1 amide bonds. The fraction of sp³-hybridized carbons (Fsp3) is 0.722. The van der Waals surface area contributed by atoms with Crippen molar-refractivity contribution >= 4 is 17.2 Å². The minimum Gasteiger partial charge on any atom is -0.379 e. The van der Waals surface area contributed by atoms with Crippen LogP contribution in [0, 0.1) is 11.3 Å². The summed E-state index contributed by atoms with van der Waals surface area (Å²) in [5.74, 6) is 1.12. The normalized spacial score (nSPS) is 29.7. The number of piperidine rings is 1. The zero-order valence-electron chi connectivity index (χ0n) is 13.7. The van der Waals surface area contributed by atoms with Gasteiger partial charge in [-0.1, -0.05) is 6.07 Å². The Morgan fingerprint density at radius 2 is 2.26 bits per heavy atom. The summed E-state index contributed by atoms with van der Waals surface area (Å²) in [4.78, 5) is 18.3. The predicted molar refractivity (Wildman–Crippen MR) is 91.9 cm³/mol. The van der Waals surface area contributed by atoms with Crippen molar-refractivity contribution in [3.8, 4) is 0 Å². The molecular formula is C18H26N2O2S.